The normalized spacial score (nSPS) is 10.0. The van der Waals surface area contributed by atoms with Gasteiger partial charge in [-0.05, 0) is 11.6 Å². The summed E-state index contributed by atoms with van der Waals surface area (Å²) in [6.07, 6.45) is 1.87. The lowest BCUT2D eigenvalue weighted by Crippen LogP contribution is -2.24. The lowest BCUT2D eigenvalue weighted by Gasteiger charge is -2.11. The minimum atomic E-state index is -0.523. The average molecular weight is 213 g/mol. The van der Waals surface area contributed by atoms with E-state index < -0.39 is 5.91 Å². The van der Waals surface area contributed by atoms with E-state index in [0.717, 1.165) is 16.5 Å². The number of para-hydroxylation sites is 1. The Balaban J connectivity index is 2.29. The summed E-state index contributed by atoms with van der Waals surface area (Å²) < 4.78 is 0. The number of fused-ring (bicyclic) bond motifs is 1. The van der Waals surface area contributed by atoms with E-state index in [1.165, 1.54) is 4.90 Å². The second kappa shape index (κ2) is 4.07. The molecule has 2 aromatic rings. The molecule has 80 valence electrons. The first-order valence-electron chi connectivity index (χ1n) is 4.92. The Hall–Kier alpha value is -2.28. The van der Waals surface area contributed by atoms with Gasteiger partial charge < -0.3 is 9.88 Å². The summed E-state index contributed by atoms with van der Waals surface area (Å²) in [4.78, 5) is 15.7. The highest BCUT2D eigenvalue weighted by Gasteiger charge is 2.10. The molecule has 4 nitrogen and oxygen atoms in total. The average Bonchev–Trinajstić information content (AvgIpc) is 2.72. The van der Waals surface area contributed by atoms with Crippen molar-refractivity contribution >= 4 is 16.8 Å². The molecule has 1 aromatic heterocycles. The van der Waals surface area contributed by atoms with Crippen molar-refractivity contribution in [1.82, 2.24) is 9.88 Å². The zero-order chi connectivity index (χ0) is 11.5. The highest BCUT2D eigenvalue weighted by molar-refractivity contribution is 5.91. The Morgan fingerprint density at radius 1 is 1.50 bits per heavy atom. The molecule has 1 aromatic carbocycles. The quantitative estimate of drug-likeness (QED) is 0.771. The van der Waals surface area contributed by atoms with Gasteiger partial charge in [0.2, 0.25) is 0 Å². The molecule has 16 heavy (non-hydrogen) atoms. The van der Waals surface area contributed by atoms with Crippen LogP contribution in [0.5, 0.6) is 0 Å². The summed E-state index contributed by atoms with van der Waals surface area (Å²) >= 11 is 0. The van der Waals surface area contributed by atoms with E-state index in [2.05, 4.69) is 4.98 Å². The van der Waals surface area contributed by atoms with Crippen LogP contribution < -0.4 is 0 Å². The first-order chi connectivity index (χ1) is 7.72. The van der Waals surface area contributed by atoms with Gasteiger partial charge in [0.05, 0.1) is 0 Å². The first-order valence-corrected chi connectivity index (χ1v) is 4.92. The molecule has 0 aliphatic rings. The highest BCUT2D eigenvalue weighted by atomic mass is 16.2. The van der Waals surface area contributed by atoms with Crippen molar-refractivity contribution in [3.8, 4) is 6.07 Å². The Bertz CT molecular complexity index is 565. The van der Waals surface area contributed by atoms with Crippen LogP contribution in [0, 0.1) is 11.3 Å². The number of aromatic amines is 1. The predicted octanol–water partition coefficient (Wildman–Crippen LogP) is 1.65. The SMILES string of the molecule is CN(Cc1c[nH]c2ccccc12)C(=O)C#N. The van der Waals surface area contributed by atoms with E-state index in [9.17, 15) is 4.79 Å². The van der Waals surface area contributed by atoms with Gasteiger partial charge >= 0.3 is 5.91 Å². The molecule has 2 rings (SSSR count). The number of rotatable bonds is 2. The molecular weight excluding hydrogens is 202 g/mol. The van der Waals surface area contributed by atoms with Crippen molar-refractivity contribution in [2.45, 2.75) is 6.54 Å². The van der Waals surface area contributed by atoms with E-state index in [0.29, 0.717) is 6.54 Å². The van der Waals surface area contributed by atoms with Crippen molar-refractivity contribution in [2.75, 3.05) is 7.05 Å². The van der Waals surface area contributed by atoms with Crippen LogP contribution in [0.3, 0.4) is 0 Å². The van der Waals surface area contributed by atoms with Crippen molar-refractivity contribution in [3.63, 3.8) is 0 Å². The van der Waals surface area contributed by atoms with Crippen molar-refractivity contribution in [1.29, 1.82) is 5.26 Å². The molecule has 0 atom stereocenters. The van der Waals surface area contributed by atoms with Crippen molar-refractivity contribution in [3.05, 3.63) is 36.0 Å². The lowest BCUT2D eigenvalue weighted by molar-refractivity contribution is -0.124. The molecule has 0 unspecified atom stereocenters. The van der Waals surface area contributed by atoms with Gasteiger partial charge in [-0.15, -0.1) is 0 Å². The molecular formula is C12H11N3O. The number of hydrogen-bond donors (Lipinski definition) is 1. The Morgan fingerprint density at radius 2 is 2.25 bits per heavy atom. The molecule has 0 spiro atoms. The van der Waals surface area contributed by atoms with E-state index >= 15 is 0 Å². The molecule has 0 bridgehead atoms. The van der Waals surface area contributed by atoms with Gasteiger partial charge in [-0.1, -0.05) is 18.2 Å². The smallest absolute Gasteiger partial charge is 0.325 e. The molecule has 1 heterocycles. The van der Waals surface area contributed by atoms with E-state index in [4.69, 9.17) is 5.26 Å². The number of carbonyl (C=O) groups excluding carboxylic acids is 1. The van der Waals surface area contributed by atoms with Gasteiger partial charge in [0.1, 0.15) is 0 Å². The van der Waals surface area contributed by atoms with Gasteiger partial charge in [0.15, 0.2) is 6.07 Å². The van der Waals surface area contributed by atoms with Gasteiger partial charge in [-0.3, -0.25) is 4.79 Å². The third kappa shape index (κ3) is 1.75. The molecule has 4 heteroatoms. The fourth-order valence-electron chi connectivity index (χ4n) is 1.68. The second-order valence-corrected chi connectivity index (χ2v) is 3.63. The fourth-order valence-corrected chi connectivity index (χ4v) is 1.68. The number of amides is 1. The van der Waals surface area contributed by atoms with Crippen LogP contribution in [0.25, 0.3) is 10.9 Å². The molecule has 0 saturated carbocycles. The number of carbonyl (C=O) groups is 1. The topological polar surface area (TPSA) is 59.9 Å². The van der Waals surface area contributed by atoms with E-state index in [1.54, 1.807) is 13.1 Å². The number of benzene rings is 1. The minimum absolute atomic E-state index is 0.441. The third-order valence-electron chi connectivity index (χ3n) is 2.52. The fraction of sp³-hybridized carbons (Fsp3) is 0.167. The standard InChI is InChI=1S/C12H11N3O/c1-15(12(16)6-13)8-9-7-14-11-5-3-2-4-10(9)11/h2-5,7,14H,8H2,1H3. The maximum absolute atomic E-state index is 11.1. The lowest BCUT2D eigenvalue weighted by atomic mass is 10.1. The summed E-state index contributed by atoms with van der Waals surface area (Å²) in [5.41, 5.74) is 2.05. The number of aromatic nitrogens is 1. The summed E-state index contributed by atoms with van der Waals surface area (Å²) in [7, 11) is 1.62. The van der Waals surface area contributed by atoms with Crippen LogP contribution in [-0.4, -0.2) is 22.8 Å². The van der Waals surface area contributed by atoms with Crippen LogP contribution in [0.2, 0.25) is 0 Å². The van der Waals surface area contributed by atoms with Crippen molar-refractivity contribution in [2.24, 2.45) is 0 Å². The van der Waals surface area contributed by atoms with E-state index in [-0.39, 0.29) is 0 Å². The number of nitrogens with zero attached hydrogens (tertiary/aromatic N) is 2. The Kier molecular flexibility index (Phi) is 2.61. The molecule has 0 radical (unpaired) electrons. The summed E-state index contributed by atoms with van der Waals surface area (Å²) in [5, 5.41) is 9.58. The second-order valence-electron chi connectivity index (χ2n) is 3.63. The first kappa shape index (κ1) is 10.2. The number of H-pyrrole nitrogens is 1. The van der Waals surface area contributed by atoms with Crippen LogP contribution in [0.15, 0.2) is 30.5 Å². The zero-order valence-corrected chi connectivity index (χ0v) is 8.90. The predicted molar refractivity (Wildman–Crippen MR) is 60.4 cm³/mol. The monoisotopic (exact) mass is 213 g/mol. The van der Waals surface area contributed by atoms with Crippen molar-refractivity contribution < 1.29 is 4.79 Å². The van der Waals surface area contributed by atoms with Gasteiger partial charge in [0, 0.05) is 30.7 Å². The van der Waals surface area contributed by atoms with Crippen LogP contribution in [0.1, 0.15) is 5.56 Å². The number of nitriles is 1. The maximum Gasteiger partial charge on any atom is 0.325 e. The van der Waals surface area contributed by atoms with Crippen LogP contribution >= 0.6 is 0 Å². The molecule has 0 aliphatic heterocycles. The zero-order valence-electron chi connectivity index (χ0n) is 8.90. The summed E-state index contributed by atoms with van der Waals surface area (Å²) in [6.45, 7) is 0.441. The maximum atomic E-state index is 11.1. The van der Waals surface area contributed by atoms with Crippen LogP contribution in [0.4, 0.5) is 0 Å². The van der Waals surface area contributed by atoms with E-state index in [1.807, 2.05) is 30.5 Å². The minimum Gasteiger partial charge on any atom is -0.361 e. The van der Waals surface area contributed by atoms with Gasteiger partial charge in [-0.25, -0.2) is 0 Å². The number of nitrogens with one attached hydrogen (secondary N) is 1. The van der Waals surface area contributed by atoms with Gasteiger partial charge in [-0.2, -0.15) is 5.26 Å². The molecule has 0 saturated heterocycles. The molecule has 0 aliphatic carbocycles. The number of hydrogen-bond acceptors (Lipinski definition) is 2. The highest BCUT2D eigenvalue weighted by Crippen LogP contribution is 2.18. The molecule has 1 N–H and O–H groups in total. The van der Waals surface area contributed by atoms with Crippen LogP contribution in [-0.2, 0) is 11.3 Å². The van der Waals surface area contributed by atoms with Gasteiger partial charge in [0.25, 0.3) is 0 Å². The Labute approximate surface area is 93.1 Å². The summed E-state index contributed by atoms with van der Waals surface area (Å²) in [5.74, 6) is -0.523. The largest absolute Gasteiger partial charge is 0.361 e. The molecule has 1 amide bonds. The summed E-state index contributed by atoms with van der Waals surface area (Å²) in [6, 6.07) is 9.47. The Morgan fingerprint density at radius 3 is 3.00 bits per heavy atom. The third-order valence-corrected chi connectivity index (χ3v) is 2.52. The molecule has 0 fully saturated rings.